The van der Waals surface area contributed by atoms with E-state index in [0.717, 1.165) is 0 Å². The van der Waals surface area contributed by atoms with E-state index in [9.17, 15) is 9.59 Å². The summed E-state index contributed by atoms with van der Waals surface area (Å²) in [6, 6.07) is -0.736. The Labute approximate surface area is 143 Å². The van der Waals surface area contributed by atoms with E-state index in [1.54, 1.807) is 31.7 Å². The number of thiazole rings is 1. The molecule has 9 heteroatoms. The molecule has 8 nitrogen and oxygen atoms in total. The van der Waals surface area contributed by atoms with E-state index in [1.807, 2.05) is 11.5 Å². The number of rotatable bonds is 2. The number of nitrogens with zero attached hydrogens (tertiary/aromatic N) is 5. The summed E-state index contributed by atoms with van der Waals surface area (Å²) in [5.74, 6) is 0.610. The van der Waals surface area contributed by atoms with Crippen LogP contribution in [0.25, 0.3) is 0 Å². The summed E-state index contributed by atoms with van der Waals surface area (Å²) < 4.78 is 7.35. The normalized spacial score (nSPS) is 17.5. The number of amides is 1. The highest BCUT2D eigenvalue weighted by molar-refractivity contribution is 7.07. The Bertz CT molecular complexity index is 763. The minimum Gasteiger partial charge on any atom is -0.458 e. The van der Waals surface area contributed by atoms with Crippen LogP contribution in [0.5, 0.6) is 0 Å². The fraction of sp³-hybridized carbons (Fsp3) is 0.533. The van der Waals surface area contributed by atoms with E-state index in [1.165, 1.54) is 16.2 Å². The Morgan fingerprint density at radius 3 is 2.71 bits per heavy atom. The van der Waals surface area contributed by atoms with Crippen molar-refractivity contribution in [1.29, 1.82) is 0 Å². The van der Waals surface area contributed by atoms with Crippen LogP contribution in [0.15, 0.2) is 10.9 Å². The number of hydrogen-bond donors (Lipinski definition) is 0. The molecule has 0 N–H and O–H groups in total. The van der Waals surface area contributed by atoms with Crippen molar-refractivity contribution < 1.29 is 14.3 Å². The maximum atomic E-state index is 12.8. The van der Waals surface area contributed by atoms with Crippen LogP contribution in [0.2, 0.25) is 0 Å². The zero-order chi connectivity index (χ0) is 17.5. The van der Waals surface area contributed by atoms with Crippen molar-refractivity contribution in [3.63, 3.8) is 0 Å². The van der Waals surface area contributed by atoms with Crippen LogP contribution < -0.4 is 0 Å². The Morgan fingerprint density at radius 1 is 1.33 bits per heavy atom. The summed E-state index contributed by atoms with van der Waals surface area (Å²) >= 11 is 1.33. The highest BCUT2D eigenvalue weighted by atomic mass is 32.1. The lowest BCUT2D eigenvalue weighted by Crippen LogP contribution is -2.52. The first kappa shape index (κ1) is 16.6. The van der Waals surface area contributed by atoms with Gasteiger partial charge in [-0.05, 0) is 27.7 Å². The summed E-state index contributed by atoms with van der Waals surface area (Å²) in [4.78, 5) is 30.9. The van der Waals surface area contributed by atoms with Gasteiger partial charge in [0.25, 0.3) is 5.91 Å². The Balaban J connectivity index is 1.93. The fourth-order valence-corrected chi connectivity index (χ4v) is 3.09. The summed E-state index contributed by atoms with van der Waals surface area (Å²) in [6.07, 6.45) is 0. The second kappa shape index (κ2) is 5.97. The Morgan fingerprint density at radius 2 is 2.08 bits per heavy atom. The van der Waals surface area contributed by atoms with Crippen LogP contribution in [0.1, 0.15) is 42.9 Å². The molecular formula is C15H19N5O3S. The largest absolute Gasteiger partial charge is 0.458 e. The van der Waals surface area contributed by atoms with E-state index in [2.05, 4.69) is 15.2 Å². The van der Waals surface area contributed by atoms with Gasteiger partial charge in [-0.25, -0.2) is 9.78 Å². The number of ether oxygens (including phenoxy) is 1. The third kappa shape index (κ3) is 3.16. The van der Waals surface area contributed by atoms with Crippen LogP contribution >= 0.6 is 11.3 Å². The minimum absolute atomic E-state index is 0.196. The molecule has 1 aliphatic heterocycles. The summed E-state index contributed by atoms with van der Waals surface area (Å²) in [6.45, 7) is 7.70. The highest BCUT2D eigenvalue weighted by Crippen LogP contribution is 2.23. The number of hydrogen-bond acceptors (Lipinski definition) is 7. The molecule has 0 aromatic carbocycles. The molecule has 3 rings (SSSR count). The zero-order valence-corrected chi connectivity index (χ0v) is 14.8. The predicted octanol–water partition coefficient (Wildman–Crippen LogP) is 1.41. The van der Waals surface area contributed by atoms with Gasteiger partial charge in [-0.1, -0.05) is 0 Å². The molecule has 0 aliphatic carbocycles. The Kier molecular flexibility index (Phi) is 4.12. The van der Waals surface area contributed by atoms with Crippen molar-refractivity contribution in [2.24, 2.45) is 0 Å². The highest BCUT2D eigenvalue weighted by Gasteiger charge is 2.39. The third-order valence-corrected chi connectivity index (χ3v) is 4.23. The molecule has 24 heavy (non-hydrogen) atoms. The van der Waals surface area contributed by atoms with Crippen molar-refractivity contribution in [1.82, 2.24) is 24.6 Å². The van der Waals surface area contributed by atoms with Crippen LogP contribution in [0.3, 0.4) is 0 Å². The molecule has 0 spiro atoms. The van der Waals surface area contributed by atoms with Gasteiger partial charge < -0.3 is 14.2 Å². The molecule has 2 aromatic heterocycles. The molecule has 128 valence electrons. The Hall–Kier alpha value is -2.29. The first-order valence-corrected chi connectivity index (χ1v) is 8.51. The molecular weight excluding hydrogens is 330 g/mol. The smallest absolute Gasteiger partial charge is 0.331 e. The molecule has 2 aromatic rings. The maximum absolute atomic E-state index is 12.8. The van der Waals surface area contributed by atoms with E-state index in [-0.39, 0.29) is 19.0 Å². The number of fused-ring (bicyclic) bond motifs is 1. The number of esters is 1. The molecule has 0 bridgehead atoms. The van der Waals surface area contributed by atoms with Gasteiger partial charge in [0.05, 0.1) is 18.6 Å². The van der Waals surface area contributed by atoms with Gasteiger partial charge in [0.15, 0.2) is 5.82 Å². The summed E-state index contributed by atoms with van der Waals surface area (Å²) in [7, 11) is 0. The lowest BCUT2D eigenvalue weighted by atomic mass is 10.1. The van der Waals surface area contributed by atoms with Crippen LogP contribution in [-0.2, 0) is 22.6 Å². The van der Waals surface area contributed by atoms with Crippen LogP contribution in [0, 0.1) is 6.92 Å². The average Bonchev–Trinajstić information content (AvgIpc) is 3.14. The van der Waals surface area contributed by atoms with E-state index < -0.39 is 17.6 Å². The number of aromatic nitrogens is 4. The molecule has 1 aliphatic rings. The van der Waals surface area contributed by atoms with Gasteiger partial charge in [0.1, 0.15) is 23.2 Å². The van der Waals surface area contributed by atoms with Gasteiger partial charge in [-0.15, -0.1) is 21.5 Å². The quantitative estimate of drug-likeness (QED) is 0.762. The molecule has 0 unspecified atom stereocenters. The van der Waals surface area contributed by atoms with Gasteiger partial charge in [0, 0.05) is 5.38 Å². The number of carbonyl (C=O) groups is 2. The molecule has 0 fully saturated rings. The predicted molar refractivity (Wildman–Crippen MR) is 86.4 cm³/mol. The lowest BCUT2D eigenvalue weighted by molar-refractivity contribution is -0.162. The van der Waals surface area contributed by atoms with Gasteiger partial charge >= 0.3 is 5.97 Å². The molecule has 0 saturated carbocycles. The SMILES string of the molecule is Cc1nnc2n1C[C@H](C(=O)OC(C)(C)C)N(C(=O)c1cscn1)C2. The first-order chi connectivity index (χ1) is 11.3. The van der Waals surface area contributed by atoms with Crippen molar-refractivity contribution >= 4 is 23.2 Å². The van der Waals surface area contributed by atoms with Crippen molar-refractivity contribution in [3.8, 4) is 0 Å². The summed E-state index contributed by atoms with van der Waals surface area (Å²) in [5.41, 5.74) is 1.28. The van der Waals surface area contributed by atoms with Crippen molar-refractivity contribution in [2.45, 2.75) is 52.4 Å². The fourth-order valence-electron chi connectivity index (χ4n) is 2.56. The molecule has 0 saturated heterocycles. The standard InChI is InChI=1S/C15H19N5O3S/c1-9-17-18-12-6-20(13(21)10-7-24-8-16-10)11(5-19(9)12)14(22)23-15(2,3)4/h7-8,11H,5-6H2,1-4H3/t11-/m1/s1. The topological polar surface area (TPSA) is 90.2 Å². The van der Waals surface area contributed by atoms with E-state index >= 15 is 0 Å². The third-order valence-electron chi connectivity index (χ3n) is 3.65. The molecule has 1 atom stereocenters. The molecule has 3 heterocycles. The minimum atomic E-state index is -0.736. The summed E-state index contributed by atoms with van der Waals surface area (Å²) in [5, 5.41) is 9.79. The van der Waals surface area contributed by atoms with Crippen molar-refractivity contribution in [2.75, 3.05) is 0 Å². The number of aryl methyl sites for hydroxylation is 1. The monoisotopic (exact) mass is 349 g/mol. The zero-order valence-electron chi connectivity index (χ0n) is 14.0. The number of carbonyl (C=O) groups excluding carboxylic acids is 2. The van der Waals surface area contributed by atoms with Gasteiger partial charge in [-0.2, -0.15) is 0 Å². The average molecular weight is 349 g/mol. The van der Waals surface area contributed by atoms with Crippen LogP contribution in [-0.4, -0.2) is 48.2 Å². The maximum Gasteiger partial charge on any atom is 0.331 e. The molecule has 1 amide bonds. The van der Waals surface area contributed by atoms with Crippen molar-refractivity contribution in [3.05, 3.63) is 28.2 Å². The van der Waals surface area contributed by atoms with Gasteiger partial charge in [0.2, 0.25) is 0 Å². The van der Waals surface area contributed by atoms with E-state index in [4.69, 9.17) is 4.74 Å². The molecule has 0 radical (unpaired) electrons. The first-order valence-electron chi connectivity index (χ1n) is 7.57. The second-order valence-corrected chi connectivity index (χ2v) is 7.35. The van der Waals surface area contributed by atoms with Crippen LogP contribution in [0.4, 0.5) is 0 Å². The van der Waals surface area contributed by atoms with Gasteiger partial charge in [-0.3, -0.25) is 4.79 Å². The second-order valence-electron chi connectivity index (χ2n) is 6.63. The lowest BCUT2D eigenvalue weighted by Gasteiger charge is -2.35. The van der Waals surface area contributed by atoms with E-state index in [0.29, 0.717) is 17.3 Å².